The van der Waals surface area contributed by atoms with Gasteiger partial charge in [-0.3, -0.25) is 9.59 Å². The van der Waals surface area contributed by atoms with Crippen molar-refractivity contribution >= 4 is 23.2 Å². The highest BCUT2D eigenvalue weighted by atomic mass is 16.2. The van der Waals surface area contributed by atoms with Crippen LogP contribution in [0.5, 0.6) is 0 Å². The largest absolute Gasteiger partial charge is 0.376 e. The molecule has 2 amide bonds. The van der Waals surface area contributed by atoms with Gasteiger partial charge in [0.2, 0.25) is 11.8 Å². The molecule has 0 bridgehead atoms. The van der Waals surface area contributed by atoms with Crippen molar-refractivity contribution in [3.63, 3.8) is 0 Å². The molecular formula is C22H29N3O2. The molecule has 144 valence electrons. The van der Waals surface area contributed by atoms with E-state index < -0.39 is 0 Å². The van der Waals surface area contributed by atoms with Crippen LogP contribution in [0.15, 0.2) is 36.4 Å². The van der Waals surface area contributed by atoms with Gasteiger partial charge in [0, 0.05) is 11.4 Å². The third-order valence-electron chi connectivity index (χ3n) is 4.41. The van der Waals surface area contributed by atoms with Crippen molar-refractivity contribution in [2.45, 2.75) is 40.5 Å². The number of aryl methyl sites for hydroxylation is 3. The Kier molecular flexibility index (Phi) is 6.99. The number of rotatable bonds is 7. The zero-order valence-corrected chi connectivity index (χ0v) is 16.8. The molecule has 0 saturated heterocycles. The van der Waals surface area contributed by atoms with Gasteiger partial charge in [-0.05, 0) is 49.4 Å². The van der Waals surface area contributed by atoms with Crippen molar-refractivity contribution in [2.75, 3.05) is 23.7 Å². The Morgan fingerprint density at radius 1 is 0.926 bits per heavy atom. The van der Waals surface area contributed by atoms with Gasteiger partial charge in [0.15, 0.2) is 0 Å². The fourth-order valence-corrected chi connectivity index (χ4v) is 3.14. The predicted octanol–water partition coefficient (Wildman–Crippen LogP) is 3.90. The van der Waals surface area contributed by atoms with Gasteiger partial charge in [-0.2, -0.15) is 0 Å². The van der Waals surface area contributed by atoms with Gasteiger partial charge in [0.25, 0.3) is 0 Å². The molecule has 0 fully saturated rings. The molecule has 2 rings (SSSR count). The molecule has 0 aliphatic heterocycles. The third-order valence-corrected chi connectivity index (χ3v) is 4.41. The van der Waals surface area contributed by atoms with Crippen molar-refractivity contribution in [3.8, 4) is 0 Å². The first-order chi connectivity index (χ1) is 12.8. The van der Waals surface area contributed by atoms with Crippen LogP contribution in [0, 0.1) is 20.8 Å². The Bertz CT molecular complexity index is 805. The summed E-state index contributed by atoms with van der Waals surface area (Å²) in [6.45, 7) is 10.2. The van der Waals surface area contributed by atoms with E-state index in [0.717, 1.165) is 33.6 Å². The van der Waals surface area contributed by atoms with Gasteiger partial charge in [-0.15, -0.1) is 0 Å². The van der Waals surface area contributed by atoms with Crippen LogP contribution >= 0.6 is 0 Å². The molecule has 3 N–H and O–H groups in total. The van der Waals surface area contributed by atoms with E-state index in [9.17, 15) is 9.59 Å². The van der Waals surface area contributed by atoms with Gasteiger partial charge in [0.05, 0.1) is 13.1 Å². The van der Waals surface area contributed by atoms with Gasteiger partial charge >= 0.3 is 0 Å². The first kappa shape index (κ1) is 20.5. The highest BCUT2D eigenvalue weighted by Crippen LogP contribution is 2.23. The summed E-state index contributed by atoms with van der Waals surface area (Å²) < 4.78 is 0. The average molecular weight is 367 g/mol. The van der Waals surface area contributed by atoms with E-state index >= 15 is 0 Å². The quantitative estimate of drug-likeness (QED) is 0.695. The van der Waals surface area contributed by atoms with Crippen molar-refractivity contribution < 1.29 is 9.59 Å². The summed E-state index contributed by atoms with van der Waals surface area (Å²) in [6.07, 6.45) is 0. The molecule has 0 saturated carbocycles. The Morgan fingerprint density at radius 3 is 2.19 bits per heavy atom. The fourth-order valence-electron chi connectivity index (χ4n) is 3.14. The number of hydrogen-bond acceptors (Lipinski definition) is 3. The molecule has 0 atom stereocenters. The van der Waals surface area contributed by atoms with E-state index in [-0.39, 0.29) is 24.9 Å². The maximum atomic E-state index is 12.2. The topological polar surface area (TPSA) is 70.2 Å². The van der Waals surface area contributed by atoms with Crippen LogP contribution in [0.1, 0.15) is 42.0 Å². The van der Waals surface area contributed by atoms with E-state index in [1.807, 2.05) is 57.2 Å². The standard InChI is InChI=1S/C22H29N3O2/c1-14(2)18-8-6-7-9-19(18)23-12-20(26)24-13-21(27)25-22-16(4)10-15(3)11-17(22)5/h6-11,14,23H,12-13H2,1-5H3,(H,24,26)(H,25,27). The van der Waals surface area contributed by atoms with E-state index in [0.29, 0.717) is 5.92 Å². The molecule has 2 aromatic rings. The van der Waals surface area contributed by atoms with Crippen LogP contribution in [0.2, 0.25) is 0 Å². The third kappa shape index (κ3) is 5.84. The highest BCUT2D eigenvalue weighted by molar-refractivity contribution is 5.96. The van der Waals surface area contributed by atoms with E-state index in [2.05, 4.69) is 29.8 Å². The molecule has 0 aliphatic carbocycles. The Morgan fingerprint density at radius 2 is 1.56 bits per heavy atom. The smallest absolute Gasteiger partial charge is 0.243 e. The summed E-state index contributed by atoms with van der Waals surface area (Å²) in [6, 6.07) is 12.0. The van der Waals surface area contributed by atoms with Crippen molar-refractivity contribution in [1.29, 1.82) is 0 Å². The van der Waals surface area contributed by atoms with Gasteiger partial charge in [-0.1, -0.05) is 49.7 Å². The molecule has 0 aliphatic rings. The Hall–Kier alpha value is -2.82. The molecule has 0 spiro atoms. The second kappa shape index (κ2) is 9.21. The SMILES string of the molecule is Cc1cc(C)c(NC(=O)CNC(=O)CNc2ccccc2C(C)C)c(C)c1. The maximum Gasteiger partial charge on any atom is 0.243 e. The van der Waals surface area contributed by atoms with Crippen molar-refractivity contribution in [1.82, 2.24) is 5.32 Å². The van der Waals surface area contributed by atoms with Crippen LogP contribution in [0.4, 0.5) is 11.4 Å². The summed E-state index contributed by atoms with van der Waals surface area (Å²) in [4.78, 5) is 24.3. The Balaban J connectivity index is 1.85. The number of carbonyl (C=O) groups excluding carboxylic acids is 2. The lowest BCUT2D eigenvalue weighted by Crippen LogP contribution is -2.36. The molecular weight excluding hydrogens is 338 g/mol. The van der Waals surface area contributed by atoms with Gasteiger partial charge < -0.3 is 16.0 Å². The number of nitrogens with one attached hydrogen (secondary N) is 3. The lowest BCUT2D eigenvalue weighted by atomic mass is 10.0. The molecule has 5 heteroatoms. The molecule has 0 unspecified atom stereocenters. The zero-order valence-electron chi connectivity index (χ0n) is 16.8. The lowest BCUT2D eigenvalue weighted by Gasteiger charge is -2.15. The number of anilines is 2. The molecule has 0 heterocycles. The van der Waals surface area contributed by atoms with Crippen LogP contribution < -0.4 is 16.0 Å². The molecule has 27 heavy (non-hydrogen) atoms. The average Bonchev–Trinajstić information content (AvgIpc) is 2.61. The van der Waals surface area contributed by atoms with Crippen LogP contribution in [-0.2, 0) is 9.59 Å². The number of amides is 2. The minimum Gasteiger partial charge on any atom is -0.376 e. The van der Waals surface area contributed by atoms with Crippen molar-refractivity contribution in [2.24, 2.45) is 0 Å². The second-order valence-electron chi connectivity index (χ2n) is 7.19. The van der Waals surface area contributed by atoms with Gasteiger partial charge in [-0.25, -0.2) is 0 Å². The first-order valence-electron chi connectivity index (χ1n) is 9.25. The fraction of sp³-hybridized carbons (Fsp3) is 0.364. The first-order valence-corrected chi connectivity index (χ1v) is 9.25. The highest BCUT2D eigenvalue weighted by Gasteiger charge is 2.11. The zero-order chi connectivity index (χ0) is 20.0. The summed E-state index contributed by atoms with van der Waals surface area (Å²) in [5.41, 5.74) is 6.09. The molecule has 0 aromatic heterocycles. The normalized spacial score (nSPS) is 10.6. The van der Waals surface area contributed by atoms with E-state index in [1.165, 1.54) is 0 Å². The summed E-state index contributed by atoms with van der Waals surface area (Å²) in [5, 5.41) is 8.69. The number of benzene rings is 2. The van der Waals surface area contributed by atoms with Crippen LogP contribution in [0.3, 0.4) is 0 Å². The second-order valence-corrected chi connectivity index (χ2v) is 7.19. The lowest BCUT2D eigenvalue weighted by molar-refractivity contribution is -0.122. The van der Waals surface area contributed by atoms with Crippen LogP contribution in [-0.4, -0.2) is 24.9 Å². The van der Waals surface area contributed by atoms with E-state index in [1.54, 1.807) is 0 Å². The molecule has 5 nitrogen and oxygen atoms in total. The predicted molar refractivity (Wildman–Crippen MR) is 111 cm³/mol. The number of para-hydroxylation sites is 1. The summed E-state index contributed by atoms with van der Waals surface area (Å²) in [5.74, 6) is -0.0921. The number of hydrogen-bond donors (Lipinski definition) is 3. The monoisotopic (exact) mass is 367 g/mol. The van der Waals surface area contributed by atoms with Crippen LogP contribution in [0.25, 0.3) is 0 Å². The number of carbonyl (C=O) groups is 2. The van der Waals surface area contributed by atoms with Gasteiger partial charge in [0.1, 0.15) is 0 Å². The summed E-state index contributed by atoms with van der Waals surface area (Å²) >= 11 is 0. The molecule has 0 radical (unpaired) electrons. The maximum absolute atomic E-state index is 12.2. The van der Waals surface area contributed by atoms with Crippen molar-refractivity contribution in [3.05, 3.63) is 58.7 Å². The Labute approximate surface area is 161 Å². The molecule has 2 aromatic carbocycles. The van der Waals surface area contributed by atoms with E-state index in [4.69, 9.17) is 0 Å². The minimum absolute atomic E-state index is 0.0565. The minimum atomic E-state index is -0.235. The summed E-state index contributed by atoms with van der Waals surface area (Å²) in [7, 11) is 0.